The van der Waals surface area contributed by atoms with E-state index in [1.165, 1.54) is 0 Å². The van der Waals surface area contributed by atoms with Crippen LogP contribution in [-0.4, -0.2) is 46.5 Å². The smallest absolute Gasteiger partial charge is 0.404 e. The Kier molecular flexibility index (Phi) is 8.79. The minimum absolute atomic E-state index is 0.129. The maximum atomic E-state index is 13.8. The summed E-state index contributed by atoms with van der Waals surface area (Å²) in [6.07, 6.45) is 0.932. The van der Waals surface area contributed by atoms with Crippen molar-refractivity contribution in [1.29, 1.82) is 0 Å². The van der Waals surface area contributed by atoms with Gasteiger partial charge >= 0.3 is 6.09 Å². The van der Waals surface area contributed by atoms with Gasteiger partial charge < -0.3 is 25.4 Å². The van der Waals surface area contributed by atoms with E-state index in [0.717, 1.165) is 27.6 Å². The molecule has 8 nitrogen and oxygen atoms in total. The van der Waals surface area contributed by atoms with Crippen molar-refractivity contribution in [2.24, 2.45) is 0 Å². The van der Waals surface area contributed by atoms with E-state index < -0.39 is 18.2 Å². The van der Waals surface area contributed by atoms with Crippen molar-refractivity contribution < 1.29 is 24.2 Å². The van der Waals surface area contributed by atoms with E-state index in [9.17, 15) is 14.4 Å². The van der Waals surface area contributed by atoms with Gasteiger partial charge in [-0.15, -0.1) is 0 Å². The number of para-hydroxylation sites is 1. The molecular weight excluding hydrogens is 518 g/mol. The summed E-state index contributed by atoms with van der Waals surface area (Å²) in [5.74, 6) is 1.10. The van der Waals surface area contributed by atoms with Crippen LogP contribution < -0.4 is 15.4 Å². The van der Waals surface area contributed by atoms with Gasteiger partial charge in [-0.3, -0.25) is 9.59 Å². The number of rotatable bonds is 11. The van der Waals surface area contributed by atoms with Gasteiger partial charge in [0.25, 0.3) is 0 Å². The molecule has 1 aliphatic rings. The van der Waals surface area contributed by atoms with Gasteiger partial charge in [0, 0.05) is 19.5 Å². The van der Waals surface area contributed by atoms with E-state index in [0.29, 0.717) is 38.0 Å². The molecule has 0 bridgehead atoms. The number of ether oxygens (including phenoxy) is 1. The van der Waals surface area contributed by atoms with E-state index >= 15 is 0 Å². The molecule has 1 heterocycles. The van der Waals surface area contributed by atoms with Gasteiger partial charge in [0.05, 0.1) is 0 Å². The van der Waals surface area contributed by atoms with Crippen LogP contribution in [0, 0.1) is 0 Å². The third kappa shape index (κ3) is 7.22. The summed E-state index contributed by atoms with van der Waals surface area (Å²) in [4.78, 5) is 39.6. The molecule has 0 aliphatic carbocycles. The van der Waals surface area contributed by atoms with Gasteiger partial charge in [0.15, 0.2) is 0 Å². The van der Waals surface area contributed by atoms with Crippen LogP contribution in [0.15, 0.2) is 97.1 Å². The number of hydrogen-bond donors (Lipinski definition) is 3. The highest BCUT2D eigenvalue weighted by molar-refractivity contribution is 5.97. The fraction of sp³-hybridized carbons (Fsp3) is 0.242. The minimum atomic E-state index is -1.08. The van der Waals surface area contributed by atoms with Crippen molar-refractivity contribution in [3.63, 3.8) is 0 Å². The van der Waals surface area contributed by atoms with Crippen LogP contribution in [0.1, 0.15) is 30.4 Å². The van der Waals surface area contributed by atoms with Gasteiger partial charge in [-0.1, -0.05) is 72.8 Å². The average Bonchev–Trinajstić information content (AvgIpc) is 2.98. The van der Waals surface area contributed by atoms with Gasteiger partial charge in [-0.2, -0.15) is 0 Å². The number of carboxylic acid groups (broad SMARTS) is 1. The molecular formula is C33H33N3O5. The molecule has 4 aromatic carbocycles. The predicted octanol–water partition coefficient (Wildman–Crippen LogP) is 5.51. The number of amides is 3. The summed E-state index contributed by atoms with van der Waals surface area (Å²) < 4.78 is 5.90. The molecule has 4 aromatic rings. The molecule has 41 heavy (non-hydrogen) atoms. The second kappa shape index (κ2) is 13.0. The minimum Gasteiger partial charge on any atom is -0.465 e. The zero-order valence-corrected chi connectivity index (χ0v) is 22.7. The van der Waals surface area contributed by atoms with Gasteiger partial charge in [0.1, 0.15) is 23.6 Å². The molecule has 1 aliphatic heterocycles. The normalized spacial score (nSPS) is 16.8. The molecule has 0 aromatic heterocycles. The first kappa shape index (κ1) is 27.7. The van der Waals surface area contributed by atoms with Crippen LogP contribution in [0.4, 0.5) is 4.79 Å². The lowest BCUT2D eigenvalue weighted by molar-refractivity contribution is -0.150. The van der Waals surface area contributed by atoms with Crippen molar-refractivity contribution >= 4 is 28.7 Å². The molecule has 3 N–H and O–H groups in total. The number of nitrogens with zero attached hydrogens (tertiary/aromatic N) is 1. The van der Waals surface area contributed by atoms with Crippen LogP contribution in [0.25, 0.3) is 10.8 Å². The summed E-state index contributed by atoms with van der Waals surface area (Å²) in [7, 11) is 0. The third-order valence-corrected chi connectivity index (χ3v) is 7.27. The van der Waals surface area contributed by atoms with Crippen LogP contribution in [0.2, 0.25) is 0 Å². The first-order chi connectivity index (χ1) is 20.0. The Balaban J connectivity index is 1.31. The van der Waals surface area contributed by atoms with E-state index in [-0.39, 0.29) is 18.4 Å². The van der Waals surface area contributed by atoms with Crippen LogP contribution in [-0.2, 0) is 22.6 Å². The van der Waals surface area contributed by atoms with E-state index in [1.807, 2.05) is 91.0 Å². The Hall–Kier alpha value is -4.85. The summed E-state index contributed by atoms with van der Waals surface area (Å²) in [5.41, 5.74) is 1.86. The molecule has 1 saturated heterocycles. The molecule has 1 fully saturated rings. The number of piperazine rings is 1. The van der Waals surface area contributed by atoms with Crippen LogP contribution in [0.5, 0.6) is 11.5 Å². The average molecular weight is 552 g/mol. The van der Waals surface area contributed by atoms with Gasteiger partial charge in [-0.25, -0.2) is 4.79 Å². The lowest BCUT2D eigenvalue weighted by Crippen LogP contribution is -2.63. The standard InChI is InChI=1S/C33H33N3O5/c37-31-30(12-6-7-19-34-33(39)40)36(22-23-14-17-28(18-15-23)41-27-10-2-1-3-11-27)32(38)29(35-31)21-24-13-16-25-8-4-5-9-26(25)20-24/h1-5,8-11,13-18,20,29-30,34H,6-7,12,19,21-22H2,(H,35,37)(H,39,40). The van der Waals surface area contributed by atoms with Crippen molar-refractivity contribution in [3.05, 3.63) is 108 Å². The summed E-state index contributed by atoms with van der Waals surface area (Å²) in [5, 5.41) is 16.3. The quantitative estimate of drug-likeness (QED) is 0.213. The van der Waals surface area contributed by atoms with Gasteiger partial charge in [0.2, 0.25) is 11.8 Å². The molecule has 3 amide bonds. The summed E-state index contributed by atoms with van der Waals surface area (Å²) in [6.45, 7) is 0.579. The Morgan fingerprint density at radius 1 is 0.829 bits per heavy atom. The highest BCUT2D eigenvalue weighted by Crippen LogP contribution is 2.25. The number of hydrogen-bond acceptors (Lipinski definition) is 4. The maximum Gasteiger partial charge on any atom is 0.404 e. The highest BCUT2D eigenvalue weighted by Gasteiger charge is 2.40. The Morgan fingerprint density at radius 2 is 1.51 bits per heavy atom. The van der Waals surface area contributed by atoms with Gasteiger partial charge in [-0.05, 0) is 65.4 Å². The Morgan fingerprint density at radius 3 is 2.27 bits per heavy atom. The number of benzene rings is 4. The number of fused-ring (bicyclic) bond motifs is 1. The van der Waals surface area contributed by atoms with Crippen molar-refractivity contribution in [3.8, 4) is 11.5 Å². The first-order valence-corrected chi connectivity index (χ1v) is 13.8. The number of carbonyl (C=O) groups excluding carboxylic acids is 2. The molecule has 2 unspecified atom stereocenters. The molecule has 0 saturated carbocycles. The molecule has 8 heteroatoms. The third-order valence-electron chi connectivity index (χ3n) is 7.27. The topological polar surface area (TPSA) is 108 Å². The molecule has 2 atom stereocenters. The van der Waals surface area contributed by atoms with Crippen molar-refractivity contribution in [2.45, 2.75) is 44.3 Å². The zero-order chi connectivity index (χ0) is 28.6. The van der Waals surface area contributed by atoms with E-state index in [2.05, 4.69) is 16.7 Å². The van der Waals surface area contributed by atoms with Crippen LogP contribution in [0.3, 0.4) is 0 Å². The highest BCUT2D eigenvalue weighted by atomic mass is 16.5. The van der Waals surface area contributed by atoms with E-state index in [1.54, 1.807) is 4.90 Å². The summed E-state index contributed by atoms with van der Waals surface area (Å²) in [6, 6.07) is 29.9. The largest absolute Gasteiger partial charge is 0.465 e. The second-order valence-corrected chi connectivity index (χ2v) is 10.2. The van der Waals surface area contributed by atoms with E-state index in [4.69, 9.17) is 9.84 Å². The fourth-order valence-electron chi connectivity index (χ4n) is 5.18. The summed E-state index contributed by atoms with van der Waals surface area (Å²) >= 11 is 0. The molecule has 0 radical (unpaired) electrons. The zero-order valence-electron chi connectivity index (χ0n) is 22.7. The fourth-order valence-corrected chi connectivity index (χ4v) is 5.18. The predicted molar refractivity (Wildman–Crippen MR) is 157 cm³/mol. The molecule has 0 spiro atoms. The SMILES string of the molecule is O=C(O)NCCCCC1C(=O)NC(Cc2ccc3ccccc3c2)C(=O)N1Cc1ccc(Oc2ccccc2)cc1. The van der Waals surface area contributed by atoms with Crippen molar-refractivity contribution in [1.82, 2.24) is 15.5 Å². The Bertz CT molecular complexity index is 1510. The lowest BCUT2D eigenvalue weighted by atomic mass is 9.96. The Labute approximate surface area is 238 Å². The number of unbranched alkanes of at least 4 members (excludes halogenated alkanes) is 1. The monoisotopic (exact) mass is 551 g/mol. The van der Waals surface area contributed by atoms with Crippen LogP contribution >= 0.6 is 0 Å². The second-order valence-electron chi connectivity index (χ2n) is 10.2. The lowest BCUT2D eigenvalue weighted by Gasteiger charge is -2.39. The first-order valence-electron chi connectivity index (χ1n) is 13.8. The van der Waals surface area contributed by atoms with Crippen molar-refractivity contribution in [2.75, 3.05) is 6.54 Å². The number of nitrogens with one attached hydrogen (secondary N) is 2. The molecule has 210 valence electrons. The molecule has 5 rings (SSSR count). The number of carbonyl (C=O) groups is 3. The maximum absolute atomic E-state index is 13.8.